The highest BCUT2D eigenvalue weighted by molar-refractivity contribution is 7.07. The molecule has 158 valence electrons. The summed E-state index contributed by atoms with van der Waals surface area (Å²) < 4.78 is 35.1. The topological polar surface area (TPSA) is 106 Å². The van der Waals surface area contributed by atoms with Gasteiger partial charge in [0.2, 0.25) is 11.8 Å². The average molecular weight is 438 g/mol. The van der Waals surface area contributed by atoms with Crippen molar-refractivity contribution in [3.05, 3.63) is 40.3 Å². The van der Waals surface area contributed by atoms with Crippen LogP contribution in [0.5, 0.6) is 11.5 Å². The molecular weight excluding hydrogens is 422 g/mol. The van der Waals surface area contributed by atoms with Gasteiger partial charge in [0.05, 0.1) is 17.1 Å². The second-order valence-electron chi connectivity index (χ2n) is 7.15. The molecular formula is C19H16F2N2O6S. The van der Waals surface area contributed by atoms with Crippen LogP contribution in [0.4, 0.5) is 8.78 Å². The summed E-state index contributed by atoms with van der Waals surface area (Å²) in [5, 5.41) is 11.2. The van der Waals surface area contributed by atoms with E-state index in [1.807, 2.05) is 0 Å². The number of carboxylic acid groups (broad SMARTS) is 1. The lowest BCUT2D eigenvalue weighted by molar-refractivity contribution is -0.286. The maximum absolute atomic E-state index is 13.2. The summed E-state index contributed by atoms with van der Waals surface area (Å²) in [6, 6.07) is 2.91. The molecule has 0 saturated carbocycles. The number of halogens is 2. The highest BCUT2D eigenvalue weighted by Gasteiger charge is 2.54. The Hall–Kier alpha value is -3.08. The molecule has 3 atom stereocenters. The van der Waals surface area contributed by atoms with Gasteiger partial charge in [-0.05, 0) is 23.6 Å². The fourth-order valence-corrected chi connectivity index (χ4v) is 4.19. The molecule has 1 fully saturated rings. The molecule has 8 nitrogen and oxygen atoms in total. The first-order chi connectivity index (χ1) is 14.2. The van der Waals surface area contributed by atoms with Gasteiger partial charge < -0.3 is 14.6 Å². The van der Waals surface area contributed by atoms with Gasteiger partial charge in [0.1, 0.15) is 6.04 Å². The predicted octanol–water partition coefficient (Wildman–Crippen LogP) is 2.64. The number of carbonyl (C=O) groups is 3. The van der Waals surface area contributed by atoms with Crippen molar-refractivity contribution in [2.24, 2.45) is 5.92 Å². The van der Waals surface area contributed by atoms with Gasteiger partial charge in [-0.25, -0.2) is 9.78 Å². The normalized spacial score (nSPS) is 22.5. The van der Waals surface area contributed by atoms with Gasteiger partial charge in [-0.3, -0.25) is 14.5 Å². The number of nitrogens with zero attached hydrogens (tertiary/aromatic N) is 2. The third-order valence-corrected chi connectivity index (χ3v) is 5.76. The smallest absolute Gasteiger partial charge is 0.480 e. The van der Waals surface area contributed by atoms with Crippen molar-refractivity contribution < 1.29 is 37.7 Å². The quantitative estimate of drug-likeness (QED) is 0.691. The van der Waals surface area contributed by atoms with Crippen LogP contribution < -0.4 is 9.47 Å². The van der Waals surface area contributed by atoms with Gasteiger partial charge in [-0.1, -0.05) is 13.0 Å². The van der Waals surface area contributed by atoms with Gasteiger partial charge in [0.25, 0.3) is 0 Å². The van der Waals surface area contributed by atoms with Crippen molar-refractivity contribution in [2.45, 2.75) is 38.0 Å². The van der Waals surface area contributed by atoms with E-state index in [1.54, 1.807) is 17.8 Å². The largest absolute Gasteiger partial charge is 0.586 e. The van der Waals surface area contributed by atoms with E-state index in [0.29, 0.717) is 11.3 Å². The summed E-state index contributed by atoms with van der Waals surface area (Å²) in [5.41, 5.74) is 2.70. The maximum Gasteiger partial charge on any atom is 0.586 e. The minimum Gasteiger partial charge on any atom is -0.480 e. The van der Waals surface area contributed by atoms with Gasteiger partial charge in [-0.15, -0.1) is 20.1 Å². The molecule has 30 heavy (non-hydrogen) atoms. The van der Waals surface area contributed by atoms with E-state index in [2.05, 4.69) is 14.5 Å². The number of carbonyl (C=O) groups excluding carboxylic acids is 2. The molecule has 0 unspecified atom stereocenters. The average Bonchev–Trinajstić information content (AvgIpc) is 3.27. The number of likely N-dealkylation sites (tertiary alicyclic amines) is 1. The minimum atomic E-state index is -3.74. The van der Waals surface area contributed by atoms with Crippen molar-refractivity contribution in [1.82, 2.24) is 9.88 Å². The second kappa shape index (κ2) is 7.31. The molecule has 0 bridgehead atoms. The number of carboxylic acids is 1. The molecule has 0 radical (unpaired) electrons. The standard InChI is InChI=1S/C19H16F2N2O6S/c1-9(10-2-3-13-14(5-10)29-19(20,21)28-13)4-15(24)23-16(18(26)27)12(17(23)25)6-11-7-30-8-22-11/h2-3,5,7-9,12,16H,4,6H2,1H3,(H,26,27)/t9-,12+,16-/m0/s1. The lowest BCUT2D eigenvalue weighted by Gasteiger charge is -2.43. The molecule has 1 aromatic heterocycles. The lowest BCUT2D eigenvalue weighted by Crippen LogP contribution is -2.66. The zero-order chi connectivity index (χ0) is 21.6. The molecule has 2 amide bonds. The van der Waals surface area contributed by atoms with Crippen LogP contribution in [0, 0.1) is 5.92 Å². The van der Waals surface area contributed by atoms with Crippen molar-refractivity contribution in [2.75, 3.05) is 0 Å². The first-order valence-electron chi connectivity index (χ1n) is 9.02. The zero-order valence-corrected chi connectivity index (χ0v) is 16.4. The highest BCUT2D eigenvalue weighted by atomic mass is 32.1. The van der Waals surface area contributed by atoms with Crippen molar-refractivity contribution in [3.8, 4) is 11.5 Å². The van der Waals surface area contributed by atoms with E-state index in [9.17, 15) is 28.3 Å². The van der Waals surface area contributed by atoms with Crippen LogP contribution in [0.1, 0.15) is 30.5 Å². The number of rotatable bonds is 6. The third kappa shape index (κ3) is 3.60. The summed E-state index contributed by atoms with van der Waals surface area (Å²) in [4.78, 5) is 41.6. The number of hydrogen-bond acceptors (Lipinski definition) is 7. The molecule has 1 saturated heterocycles. The van der Waals surface area contributed by atoms with Crippen LogP contribution in [0.25, 0.3) is 0 Å². The fraction of sp³-hybridized carbons (Fsp3) is 0.368. The van der Waals surface area contributed by atoms with E-state index in [1.165, 1.54) is 29.5 Å². The van der Waals surface area contributed by atoms with E-state index >= 15 is 0 Å². The number of benzene rings is 1. The Bertz CT molecular complexity index is 1010. The van der Waals surface area contributed by atoms with Crippen LogP contribution in [0.3, 0.4) is 0 Å². The molecule has 0 spiro atoms. The van der Waals surface area contributed by atoms with Crippen molar-refractivity contribution in [3.63, 3.8) is 0 Å². The molecule has 1 N–H and O–H groups in total. The Morgan fingerprint density at radius 3 is 2.73 bits per heavy atom. The zero-order valence-electron chi connectivity index (χ0n) is 15.6. The molecule has 3 heterocycles. The van der Waals surface area contributed by atoms with Crippen LogP contribution in [-0.4, -0.2) is 45.1 Å². The van der Waals surface area contributed by atoms with Gasteiger partial charge in [-0.2, -0.15) is 0 Å². The monoisotopic (exact) mass is 438 g/mol. The maximum atomic E-state index is 13.2. The number of ether oxygens (including phenoxy) is 2. The molecule has 11 heteroatoms. The van der Waals surface area contributed by atoms with E-state index in [0.717, 1.165) is 4.90 Å². The Morgan fingerprint density at radius 1 is 1.33 bits per heavy atom. The number of aliphatic carboxylic acids is 1. The number of amides is 2. The second-order valence-corrected chi connectivity index (χ2v) is 7.87. The van der Waals surface area contributed by atoms with Crippen LogP contribution in [-0.2, 0) is 20.8 Å². The van der Waals surface area contributed by atoms with Crippen LogP contribution in [0.2, 0.25) is 0 Å². The molecule has 1 aromatic carbocycles. The first kappa shape index (κ1) is 20.2. The van der Waals surface area contributed by atoms with E-state index in [-0.39, 0.29) is 24.3 Å². The summed E-state index contributed by atoms with van der Waals surface area (Å²) in [6.45, 7) is 1.67. The Morgan fingerprint density at radius 2 is 2.07 bits per heavy atom. The Balaban J connectivity index is 1.44. The number of fused-ring (bicyclic) bond motifs is 1. The molecule has 2 aliphatic heterocycles. The summed E-state index contributed by atoms with van der Waals surface area (Å²) >= 11 is 1.33. The first-order valence-corrected chi connectivity index (χ1v) is 9.96. The van der Waals surface area contributed by atoms with Gasteiger partial charge in [0, 0.05) is 18.2 Å². The highest BCUT2D eigenvalue weighted by Crippen LogP contribution is 2.42. The molecule has 4 rings (SSSR count). The van der Waals surface area contributed by atoms with E-state index < -0.39 is 42.0 Å². The third-order valence-electron chi connectivity index (χ3n) is 5.12. The number of alkyl halides is 2. The van der Waals surface area contributed by atoms with E-state index in [4.69, 9.17) is 0 Å². The number of thiazole rings is 1. The molecule has 2 aromatic rings. The van der Waals surface area contributed by atoms with Crippen molar-refractivity contribution >= 4 is 29.1 Å². The Kier molecular flexibility index (Phi) is 4.92. The number of aromatic nitrogens is 1. The lowest BCUT2D eigenvalue weighted by atomic mass is 9.82. The fourth-order valence-electron chi connectivity index (χ4n) is 3.62. The summed E-state index contributed by atoms with van der Waals surface area (Å²) in [6.07, 6.45) is -3.77. The molecule has 0 aliphatic carbocycles. The van der Waals surface area contributed by atoms with Gasteiger partial charge in [0.15, 0.2) is 11.5 Å². The number of imide groups is 1. The SMILES string of the molecule is C[C@@H](CC(=O)N1C(=O)[C@H](Cc2cscn2)[C@H]1C(=O)O)c1ccc2c(c1)OC(F)(F)O2. The minimum absolute atomic E-state index is 0.115. The summed E-state index contributed by atoms with van der Waals surface area (Å²) in [5.74, 6) is -4.05. The summed E-state index contributed by atoms with van der Waals surface area (Å²) in [7, 11) is 0. The predicted molar refractivity (Wildman–Crippen MR) is 98.3 cm³/mol. The number of hydrogen-bond donors (Lipinski definition) is 1. The number of β-lactam (4-membered cyclic amide) rings is 1. The van der Waals surface area contributed by atoms with Gasteiger partial charge >= 0.3 is 12.3 Å². The van der Waals surface area contributed by atoms with Crippen molar-refractivity contribution in [1.29, 1.82) is 0 Å². The molecule has 2 aliphatic rings. The van der Waals surface area contributed by atoms with Crippen LogP contribution in [0.15, 0.2) is 29.1 Å². The Labute approximate surface area is 173 Å². The van der Waals surface area contributed by atoms with Crippen LogP contribution >= 0.6 is 11.3 Å².